The quantitative estimate of drug-likeness (QED) is 0.279. The Kier molecular flexibility index (Phi) is 4.91. The molecule has 1 unspecified atom stereocenters. The van der Waals surface area contributed by atoms with Crippen molar-refractivity contribution in [3.05, 3.63) is 57.2 Å². The Morgan fingerprint density at radius 2 is 2.04 bits per heavy atom. The zero-order chi connectivity index (χ0) is 17.0. The topological polar surface area (TPSA) is 116 Å². The third-order valence-electron chi connectivity index (χ3n) is 3.30. The maximum absolute atomic E-state index is 11.9. The summed E-state index contributed by atoms with van der Waals surface area (Å²) in [5, 5.41) is 32.7. The van der Waals surface area contributed by atoms with E-state index < -0.39 is 11.0 Å². The molecule has 0 aliphatic carbocycles. The molecule has 9 heteroatoms. The van der Waals surface area contributed by atoms with Crippen molar-refractivity contribution in [2.75, 3.05) is 13.7 Å². The number of nitrogens with zero attached hydrogens (tertiary/aromatic N) is 4. The number of nitro groups is 1. The summed E-state index contributed by atoms with van der Waals surface area (Å²) in [4.78, 5) is 13.9. The lowest BCUT2D eigenvalue weighted by Gasteiger charge is -2.11. The lowest BCUT2D eigenvalue weighted by molar-refractivity contribution is -0.465. The van der Waals surface area contributed by atoms with E-state index in [9.17, 15) is 20.4 Å². The van der Waals surface area contributed by atoms with Gasteiger partial charge in [-0.15, -0.1) is 0 Å². The summed E-state index contributed by atoms with van der Waals surface area (Å²) in [6, 6.07) is 6.67. The van der Waals surface area contributed by atoms with E-state index >= 15 is 0 Å². The Bertz CT molecular complexity index is 723. The minimum atomic E-state index is -1.01. The molecule has 0 spiro atoms. The molecule has 2 rings (SSSR count). The van der Waals surface area contributed by atoms with Crippen molar-refractivity contribution in [2.24, 2.45) is 7.05 Å². The highest BCUT2D eigenvalue weighted by molar-refractivity contribution is 5.71. The first-order valence-electron chi connectivity index (χ1n) is 6.69. The van der Waals surface area contributed by atoms with E-state index in [0.717, 1.165) is 12.4 Å². The molecule has 0 bridgehead atoms. The van der Waals surface area contributed by atoms with E-state index in [1.165, 1.54) is 18.7 Å². The van der Waals surface area contributed by atoms with Gasteiger partial charge in [-0.2, -0.15) is 0 Å². The molecule has 0 amide bonds. The number of methoxy groups -OCH3 is 1. The number of benzene rings is 1. The molecule has 1 atom stereocenters. The second-order valence-electron chi connectivity index (χ2n) is 4.81. The normalized spacial score (nSPS) is 12.9. The van der Waals surface area contributed by atoms with Crippen LogP contribution in [0.25, 0.3) is 0 Å². The van der Waals surface area contributed by atoms with Gasteiger partial charge in [-0.1, -0.05) is 12.1 Å². The molecule has 9 nitrogen and oxygen atoms in total. The van der Waals surface area contributed by atoms with Gasteiger partial charge >= 0.3 is 5.82 Å². The first-order valence-corrected chi connectivity index (χ1v) is 6.69. The van der Waals surface area contributed by atoms with Crippen LogP contribution in [0.4, 0.5) is 5.82 Å². The highest BCUT2D eigenvalue weighted by atomic mass is 16.6. The molecule has 1 heterocycles. The molecular formula is C14H16N4O5. The molecule has 23 heavy (non-hydrogen) atoms. The van der Waals surface area contributed by atoms with E-state index in [2.05, 4.69) is 4.98 Å². The predicted molar refractivity (Wildman–Crippen MR) is 81.5 cm³/mol. The number of aliphatic hydroxyl groups is 1. The van der Waals surface area contributed by atoms with Crippen LogP contribution in [0, 0.1) is 15.3 Å². The van der Waals surface area contributed by atoms with Gasteiger partial charge < -0.3 is 25.2 Å². The van der Waals surface area contributed by atoms with E-state index in [-0.39, 0.29) is 18.2 Å². The van der Waals surface area contributed by atoms with Gasteiger partial charge in [0.25, 0.3) is 5.82 Å². The van der Waals surface area contributed by atoms with Gasteiger partial charge in [0, 0.05) is 0 Å². The van der Waals surface area contributed by atoms with Crippen LogP contribution in [0.15, 0.2) is 30.5 Å². The molecule has 2 aromatic rings. The van der Waals surface area contributed by atoms with Gasteiger partial charge in [0.2, 0.25) is 6.21 Å². The van der Waals surface area contributed by atoms with E-state index in [0.29, 0.717) is 16.1 Å². The lowest BCUT2D eigenvalue weighted by Crippen LogP contribution is -2.17. The Labute approximate surface area is 131 Å². The molecule has 0 saturated carbocycles. The summed E-state index contributed by atoms with van der Waals surface area (Å²) in [5.41, 5.74) is 0.561. The van der Waals surface area contributed by atoms with Crippen LogP contribution in [0.3, 0.4) is 0 Å². The summed E-state index contributed by atoms with van der Waals surface area (Å²) in [6.45, 7) is -0.229. The van der Waals surface area contributed by atoms with Crippen molar-refractivity contribution in [1.82, 2.24) is 9.55 Å². The number of hydroxylamine groups is 1. The largest absolute Gasteiger partial charge is 0.624 e. The fourth-order valence-electron chi connectivity index (χ4n) is 1.99. The molecule has 0 fully saturated rings. The molecule has 0 aliphatic rings. The third kappa shape index (κ3) is 3.83. The number of rotatable bonds is 6. The van der Waals surface area contributed by atoms with Crippen molar-refractivity contribution >= 4 is 12.0 Å². The molecule has 122 valence electrons. The van der Waals surface area contributed by atoms with Crippen LogP contribution < -0.4 is 4.74 Å². The molecule has 1 aromatic heterocycles. The van der Waals surface area contributed by atoms with Crippen molar-refractivity contribution in [3.63, 3.8) is 0 Å². The minimum absolute atomic E-state index is 0.133. The second kappa shape index (κ2) is 6.88. The Hall–Kier alpha value is -2.94. The number of aromatic nitrogens is 2. The monoisotopic (exact) mass is 320 g/mol. The van der Waals surface area contributed by atoms with Gasteiger partial charge in [0.1, 0.15) is 18.1 Å². The Balaban J connectivity index is 2.10. The maximum Gasteiger partial charge on any atom is 0.343 e. The van der Waals surface area contributed by atoms with E-state index in [4.69, 9.17) is 4.74 Å². The summed E-state index contributed by atoms with van der Waals surface area (Å²) >= 11 is 0. The van der Waals surface area contributed by atoms with Crippen LogP contribution >= 0.6 is 0 Å². The van der Waals surface area contributed by atoms with Crippen molar-refractivity contribution in [3.8, 4) is 5.75 Å². The first kappa shape index (κ1) is 16.4. The maximum atomic E-state index is 11.9. The second-order valence-corrected chi connectivity index (χ2v) is 4.81. The molecule has 0 saturated heterocycles. The fourth-order valence-corrected chi connectivity index (χ4v) is 1.99. The third-order valence-corrected chi connectivity index (χ3v) is 3.30. The van der Waals surface area contributed by atoms with Gasteiger partial charge in [-0.05, 0) is 22.6 Å². The summed E-state index contributed by atoms with van der Waals surface area (Å²) < 4.78 is 6.69. The van der Waals surface area contributed by atoms with Crippen LogP contribution in [-0.2, 0) is 7.05 Å². The van der Waals surface area contributed by atoms with E-state index in [1.54, 1.807) is 24.3 Å². The predicted octanol–water partition coefficient (Wildman–Crippen LogP) is 1.000. The smallest absolute Gasteiger partial charge is 0.343 e. The van der Waals surface area contributed by atoms with Gasteiger partial charge in [0.15, 0.2) is 6.54 Å². The molecule has 0 aliphatic heterocycles. The molecule has 1 aromatic carbocycles. The van der Waals surface area contributed by atoms with Gasteiger partial charge in [0.05, 0.1) is 14.2 Å². The van der Waals surface area contributed by atoms with Crippen LogP contribution in [0.2, 0.25) is 0 Å². The Morgan fingerprint density at radius 3 is 2.57 bits per heavy atom. The minimum Gasteiger partial charge on any atom is -0.624 e. The lowest BCUT2D eigenvalue weighted by atomic mass is 10.1. The summed E-state index contributed by atoms with van der Waals surface area (Å²) in [6.07, 6.45) is 1.16. The highest BCUT2D eigenvalue weighted by Crippen LogP contribution is 2.17. The number of aliphatic hydroxyl groups excluding tert-OH is 1. The zero-order valence-corrected chi connectivity index (χ0v) is 12.6. The van der Waals surface area contributed by atoms with Crippen LogP contribution in [0.1, 0.15) is 17.5 Å². The fraction of sp³-hybridized carbons (Fsp3) is 0.286. The first-order chi connectivity index (χ1) is 10.9. The number of ether oxygens (including phenoxy) is 1. The average Bonchev–Trinajstić information content (AvgIpc) is 2.88. The summed E-state index contributed by atoms with van der Waals surface area (Å²) in [5.74, 6) is 0.556. The average molecular weight is 320 g/mol. The molecular weight excluding hydrogens is 304 g/mol. The number of hydrogen-bond donors (Lipinski definition) is 1. The highest BCUT2D eigenvalue weighted by Gasteiger charge is 2.18. The molecule has 1 N–H and O–H groups in total. The standard InChI is InChI=1S/C14H16N4O5/c1-16-13(15-7-14(16)18(21)22)9-17(20)8-12(19)10-3-5-11(23-2)6-4-10/h3-7,9,12,19H,8H2,1-2H3/b17-9-. The van der Waals surface area contributed by atoms with Crippen molar-refractivity contribution in [1.29, 1.82) is 0 Å². The SMILES string of the molecule is COc1ccc(C(O)C/[N+]([O-])=C/c2ncc([N+](=O)[O-])n2C)cc1. The van der Waals surface area contributed by atoms with E-state index in [1.807, 2.05) is 0 Å². The summed E-state index contributed by atoms with van der Waals surface area (Å²) in [7, 11) is 2.97. The van der Waals surface area contributed by atoms with Gasteiger partial charge in [-0.25, -0.2) is 14.3 Å². The molecule has 0 radical (unpaired) electrons. The van der Waals surface area contributed by atoms with Gasteiger partial charge in [-0.3, -0.25) is 0 Å². The van der Waals surface area contributed by atoms with Crippen LogP contribution in [-0.4, -0.2) is 44.2 Å². The van der Waals surface area contributed by atoms with Crippen LogP contribution in [0.5, 0.6) is 5.75 Å². The number of imidazole rings is 1. The zero-order valence-electron chi connectivity index (χ0n) is 12.6. The number of hydrogen-bond acceptors (Lipinski definition) is 6. The van der Waals surface area contributed by atoms with Crippen molar-refractivity contribution in [2.45, 2.75) is 6.10 Å². The Morgan fingerprint density at radius 1 is 1.39 bits per heavy atom. The van der Waals surface area contributed by atoms with Crippen molar-refractivity contribution < 1.29 is 19.5 Å².